The number of hydrogen-bond donors (Lipinski definition) is 1. The quantitative estimate of drug-likeness (QED) is 0.864. The summed E-state index contributed by atoms with van der Waals surface area (Å²) in [5.74, 6) is 0.438. The molecular weight excluding hydrogens is 212 g/mol. The van der Waals surface area contributed by atoms with Crippen molar-refractivity contribution in [1.29, 1.82) is 0 Å². The monoisotopic (exact) mass is 236 g/mol. The van der Waals surface area contributed by atoms with Gasteiger partial charge in [-0.2, -0.15) is 0 Å². The highest BCUT2D eigenvalue weighted by molar-refractivity contribution is 5.04. The van der Waals surface area contributed by atoms with E-state index in [4.69, 9.17) is 5.73 Å². The number of rotatable bonds is 4. The molecule has 1 saturated heterocycles. The SMILES string of the molecule is CC(C)[C@H](N)c1cn(CC2CCCN2C)cn1. The van der Waals surface area contributed by atoms with E-state index in [1.807, 2.05) is 6.33 Å². The van der Waals surface area contributed by atoms with Gasteiger partial charge in [-0.25, -0.2) is 4.98 Å². The van der Waals surface area contributed by atoms with Gasteiger partial charge in [0.1, 0.15) is 0 Å². The minimum Gasteiger partial charge on any atom is -0.336 e. The largest absolute Gasteiger partial charge is 0.336 e. The Morgan fingerprint density at radius 2 is 2.29 bits per heavy atom. The highest BCUT2D eigenvalue weighted by atomic mass is 15.2. The molecule has 0 spiro atoms. The molecule has 1 fully saturated rings. The molecule has 0 amide bonds. The Kier molecular flexibility index (Phi) is 3.84. The lowest BCUT2D eigenvalue weighted by Crippen LogP contribution is -2.28. The minimum atomic E-state index is 0.0533. The summed E-state index contributed by atoms with van der Waals surface area (Å²) < 4.78 is 2.18. The Morgan fingerprint density at radius 3 is 2.88 bits per heavy atom. The lowest BCUT2D eigenvalue weighted by molar-refractivity contribution is 0.282. The van der Waals surface area contributed by atoms with Crippen molar-refractivity contribution in [2.45, 2.75) is 45.3 Å². The van der Waals surface area contributed by atoms with Crippen LogP contribution in [0.2, 0.25) is 0 Å². The molecule has 0 bridgehead atoms. The predicted molar refractivity (Wildman–Crippen MR) is 69.6 cm³/mol. The van der Waals surface area contributed by atoms with Gasteiger partial charge in [-0.15, -0.1) is 0 Å². The van der Waals surface area contributed by atoms with Crippen LogP contribution in [0.15, 0.2) is 12.5 Å². The second-order valence-electron chi connectivity index (χ2n) is 5.54. The van der Waals surface area contributed by atoms with Crippen molar-refractivity contribution in [3.8, 4) is 0 Å². The minimum absolute atomic E-state index is 0.0533. The van der Waals surface area contributed by atoms with Crippen LogP contribution in [-0.4, -0.2) is 34.1 Å². The topological polar surface area (TPSA) is 47.1 Å². The van der Waals surface area contributed by atoms with Gasteiger partial charge < -0.3 is 15.2 Å². The van der Waals surface area contributed by atoms with Crippen LogP contribution < -0.4 is 5.73 Å². The van der Waals surface area contributed by atoms with E-state index >= 15 is 0 Å². The summed E-state index contributed by atoms with van der Waals surface area (Å²) in [5, 5.41) is 0. The number of likely N-dealkylation sites (N-methyl/N-ethyl adjacent to an activating group) is 1. The fourth-order valence-corrected chi connectivity index (χ4v) is 2.44. The molecule has 2 rings (SSSR count). The lowest BCUT2D eigenvalue weighted by Gasteiger charge is -2.19. The van der Waals surface area contributed by atoms with E-state index in [1.54, 1.807) is 0 Å². The van der Waals surface area contributed by atoms with Crippen molar-refractivity contribution in [2.75, 3.05) is 13.6 Å². The first-order valence-electron chi connectivity index (χ1n) is 6.55. The van der Waals surface area contributed by atoms with Gasteiger partial charge in [0.15, 0.2) is 0 Å². The van der Waals surface area contributed by atoms with Crippen molar-refractivity contribution >= 4 is 0 Å². The molecule has 2 atom stereocenters. The number of nitrogens with zero attached hydrogens (tertiary/aromatic N) is 3. The van der Waals surface area contributed by atoms with E-state index in [0.717, 1.165) is 12.2 Å². The second kappa shape index (κ2) is 5.19. The molecule has 1 aromatic rings. The molecule has 4 nitrogen and oxygen atoms in total. The highest BCUT2D eigenvalue weighted by Crippen LogP contribution is 2.19. The zero-order chi connectivity index (χ0) is 12.4. The fraction of sp³-hybridized carbons (Fsp3) is 0.769. The Labute approximate surface area is 104 Å². The van der Waals surface area contributed by atoms with Crippen molar-refractivity contribution in [1.82, 2.24) is 14.5 Å². The Bertz CT molecular complexity index is 358. The summed E-state index contributed by atoms with van der Waals surface area (Å²) in [6, 6.07) is 0.713. The van der Waals surface area contributed by atoms with Gasteiger partial charge in [0.2, 0.25) is 0 Å². The second-order valence-corrected chi connectivity index (χ2v) is 5.54. The maximum atomic E-state index is 6.10. The molecule has 17 heavy (non-hydrogen) atoms. The number of likely N-dealkylation sites (tertiary alicyclic amines) is 1. The average Bonchev–Trinajstić information content (AvgIpc) is 2.88. The summed E-state index contributed by atoms with van der Waals surface area (Å²) in [6.45, 7) is 6.52. The third-order valence-electron chi connectivity index (χ3n) is 3.81. The molecule has 1 aromatic heterocycles. The predicted octanol–water partition coefficient (Wildman–Crippen LogP) is 1.63. The average molecular weight is 236 g/mol. The van der Waals surface area contributed by atoms with Gasteiger partial charge in [-0.3, -0.25) is 0 Å². The first-order valence-corrected chi connectivity index (χ1v) is 6.55. The van der Waals surface area contributed by atoms with Gasteiger partial charge in [0.05, 0.1) is 18.1 Å². The summed E-state index contributed by atoms with van der Waals surface area (Å²) in [6.07, 6.45) is 6.63. The molecule has 0 aromatic carbocycles. The zero-order valence-electron chi connectivity index (χ0n) is 11.1. The summed E-state index contributed by atoms with van der Waals surface area (Å²) >= 11 is 0. The Morgan fingerprint density at radius 1 is 1.53 bits per heavy atom. The molecule has 0 aliphatic carbocycles. The van der Waals surface area contributed by atoms with Crippen molar-refractivity contribution in [3.63, 3.8) is 0 Å². The third-order valence-corrected chi connectivity index (χ3v) is 3.81. The van der Waals surface area contributed by atoms with Crippen LogP contribution >= 0.6 is 0 Å². The maximum absolute atomic E-state index is 6.10. The molecule has 0 radical (unpaired) electrons. The Balaban J connectivity index is 1.98. The van der Waals surface area contributed by atoms with Crippen LogP contribution in [0.25, 0.3) is 0 Å². The molecule has 1 aliphatic heterocycles. The van der Waals surface area contributed by atoms with Gasteiger partial charge in [-0.1, -0.05) is 13.8 Å². The molecule has 1 unspecified atom stereocenters. The molecule has 96 valence electrons. The van der Waals surface area contributed by atoms with E-state index in [-0.39, 0.29) is 6.04 Å². The molecule has 0 saturated carbocycles. The maximum Gasteiger partial charge on any atom is 0.0950 e. The molecule has 4 heteroatoms. The zero-order valence-corrected chi connectivity index (χ0v) is 11.1. The molecule has 1 aliphatic rings. The number of aromatic nitrogens is 2. The van der Waals surface area contributed by atoms with E-state index in [1.165, 1.54) is 19.4 Å². The van der Waals surface area contributed by atoms with Crippen LogP contribution in [-0.2, 0) is 6.54 Å². The fourth-order valence-electron chi connectivity index (χ4n) is 2.44. The normalized spacial score (nSPS) is 23.5. The number of imidazole rings is 1. The van der Waals surface area contributed by atoms with E-state index in [9.17, 15) is 0 Å². The lowest BCUT2D eigenvalue weighted by atomic mass is 10.0. The van der Waals surface area contributed by atoms with Gasteiger partial charge in [-0.05, 0) is 32.4 Å². The Hall–Kier alpha value is -0.870. The van der Waals surface area contributed by atoms with Crippen LogP contribution in [0.1, 0.15) is 38.4 Å². The first-order chi connectivity index (χ1) is 8.08. The standard InChI is InChI=1S/C13H24N4/c1-10(2)13(14)12-8-17(9-15-12)7-11-5-4-6-16(11)3/h8-11,13H,4-7,14H2,1-3H3/t11?,13-/m0/s1. The van der Waals surface area contributed by atoms with Crippen LogP contribution in [0.4, 0.5) is 0 Å². The van der Waals surface area contributed by atoms with E-state index in [2.05, 4.69) is 41.5 Å². The van der Waals surface area contributed by atoms with Crippen molar-refractivity contribution < 1.29 is 0 Å². The summed E-state index contributed by atoms with van der Waals surface area (Å²) in [4.78, 5) is 6.86. The van der Waals surface area contributed by atoms with Crippen molar-refractivity contribution in [2.24, 2.45) is 11.7 Å². The molecular formula is C13H24N4. The highest BCUT2D eigenvalue weighted by Gasteiger charge is 2.21. The van der Waals surface area contributed by atoms with Gasteiger partial charge >= 0.3 is 0 Å². The van der Waals surface area contributed by atoms with E-state index in [0.29, 0.717) is 12.0 Å². The van der Waals surface area contributed by atoms with Gasteiger partial charge in [0, 0.05) is 18.8 Å². The van der Waals surface area contributed by atoms with Crippen molar-refractivity contribution in [3.05, 3.63) is 18.2 Å². The smallest absolute Gasteiger partial charge is 0.0950 e. The van der Waals surface area contributed by atoms with Crippen LogP contribution in [0.5, 0.6) is 0 Å². The molecule has 2 heterocycles. The first kappa shape index (κ1) is 12.6. The molecule has 2 N–H and O–H groups in total. The summed E-state index contributed by atoms with van der Waals surface area (Å²) in [7, 11) is 2.20. The summed E-state index contributed by atoms with van der Waals surface area (Å²) in [5.41, 5.74) is 7.11. The van der Waals surface area contributed by atoms with Crippen LogP contribution in [0.3, 0.4) is 0 Å². The number of hydrogen-bond acceptors (Lipinski definition) is 3. The third kappa shape index (κ3) is 2.87. The van der Waals surface area contributed by atoms with E-state index < -0.39 is 0 Å². The number of nitrogens with two attached hydrogens (primary N) is 1. The van der Waals surface area contributed by atoms with Gasteiger partial charge in [0.25, 0.3) is 0 Å². The van der Waals surface area contributed by atoms with Crippen LogP contribution in [0, 0.1) is 5.92 Å².